The Morgan fingerprint density at radius 3 is 2.50 bits per heavy atom. The Balaban J connectivity index is 2.59. The van der Waals surface area contributed by atoms with Crippen molar-refractivity contribution in [2.75, 3.05) is 7.05 Å². The molecule has 1 atom stereocenters. The number of amidine groups is 1. The second kappa shape index (κ2) is 1.65. The Labute approximate surface area is 48.9 Å². The maximum atomic E-state index is 4.89. The molecule has 3 nitrogen and oxygen atoms in total. The van der Waals surface area contributed by atoms with Crippen LogP contribution in [0.3, 0.4) is 0 Å². The lowest BCUT2D eigenvalue weighted by Gasteiger charge is -2.13. The molecule has 0 fully saturated rings. The molecule has 0 spiro atoms. The van der Waals surface area contributed by atoms with Crippen LogP contribution in [0.2, 0.25) is 0 Å². The molecular weight excluding hydrogens is 104 g/mol. The van der Waals surface area contributed by atoms with Crippen LogP contribution in [-0.2, 0) is 4.84 Å². The zero-order valence-electron chi connectivity index (χ0n) is 5.38. The van der Waals surface area contributed by atoms with Crippen molar-refractivity contribution in [3.8, 4) is 0 Å². The van der Waals surface area contributed by atoms with E-state index in [9.17, 15) is 0 Å². The Bertz CT molecular complexity index is 122. The van der Waals surface area contributed by atoms with E-state index in [1.165, 1.54) is 0 Å². The van der Waals surface area contributed by atoms with Crippen LogP contribution in [-0.4, -0.2) is 24.0 Å². The van der Waals surface area contributed by atoms with Crippen molar-refractivity contribution in [2.45, 2.75) is 20.1 Å². The first-order valence-electron chi connectivity index (χ1n) is 2.65. The van der Waals surface area contributed by atoms with Crippen LogP contribution < -0.4 is 0 Å². The highest BCUT2D eigenvalue weighted by Crippen LogP contribution is 2.06. The minimum atomic E-state index is 0.120. The highest BCUT2D eigenvalue weighted by atomic mass is 16.7. The fraction of sp³-hybridized carbons (Fsp3) is 0.800. The van der Waals surface area contributed by atoms with Gasteiger partial charge in [-0.05, 0) is 13.8 Å². The predicted octanol–water partition coefficient (Wildman–Crippen LogP) is 0.628. The molecule has 1 aliphatic rings. The topological polar surface area (TPSA) is 24.8 Å². The molecule has 0 saturated carbocycles. The molecule has 0 aromatic heterocycles. The minimum absolute atomic E-state index is 0.120. The minimum Gasteiger partial charge on any atom is -0.369 e. The van der Waals surface area contributed by atoms with Gasteiger partial charge in [-0.25, -0.2) is 0 Å². The maximum absolute atomic E-state index is 4.89. The third kappa shape index (κ3) is 0.638. The van der Waals surface area contributed by atoms with E-state index in [2.05, 4.69) is 5.16 Å². The molecule has 0 bridgehead atoms. The number of hydrogen-bond donors (Lipinski definition) is 0. The van der Waals surface area contributed by atoms with Gasteiger partial charge in [0.15, 0.2) is 6.23 Å². The molecule has 0 aromatic rings. The molecule has 0 N–H and O–H groups in total. The van der Waals surface area contributed by atoms with Crippen molar-refractivity contribution in [3.05, 3.63) is 0 Å². The van der Waals surface area contributed by atoms with Gasteiger partial charge < -0.3 is 9.74 Å². The third-order valence-corrected chi connectivity index (χ3v) is 1.39. The summed E-state index contributed by atoms with van der Waals surface area (Å²) in [7, 11) is 1.95. The van der Waals surface area contributed by atoms with Crippen molar-refractivity contribution >= 4 is 5.84 Å². The van der Waals surface area contributed by atoms with Crippen LogP contribution in [0.25, 0.3) is 0 Å². The summed E-state index contributed by atoms with van der Waals surface area (Å²) in [6, 6.07) is 0. The van der Waals surface area contributed by atoms with Gasteiger partial charge in [0.2, 0.25) is 0 Å². The summed E-state index contributed by atoms with van der Waals surface area (Å²) in [4.78, 5) is 6.86. The van der Waals surface area contributed by atoms with Crippen LogP contribution in [0.5, 0.6) is 0 Å². The average Bonchev–Trinajstić information content (AvgIpc) is 1.98. The fourth-order valence-corrected chi connectivity index (χ4v) is 0.551. The van der Waals surface area contributed by atoms with Gasteiger partial charge in [0.05, 0.1) is 0 Å². The van der Waals surface area contributed by atoms with Gasteiger partial charge in [-0.15, -0.1) is 0 Å². The van der Waals surface area contributed by atoms with Crippen molar-refractivity contribution < 1.29 is 4.84 Å². The van der Waals surface area contributed by atoms with Crippen LogP contribution in [0.15, 0.2) is 5.16 Å². The summed E-state index contributed by atoms with van der Waals surface area (Å²) >= 11 is 0. The Morgan fingerprint density at radius 2 is 2.38 bits per heavy atom. The molecule has 46 valence electrons. The van der Waals surface area contributed by atoms with Crippen LogP contribution in [0, 0.1) is 0 Å². The van der Waals surface area contributed by atoms with E-state index in [0.29, 0.717) is 0 Å². The summed E-state index contributed by atoms with van der Waals surface area (Å²) in [5.41, 5.74) is 0. The Morgan fingerprint density at radius 1 is 1.75 bits per heavy atom. The molecule has 0 saturated heterocycles. The first kappa shape index (κ1) is 5.41. The number of oxime groups is 1. The summed E-state index contributed by atoms with van der Waals surface area (Å²) in [6.07, 6.45) is 0.120. The largest absolute Gasteiger partial charge is 0.369 e. The number of rotatable bonds is 0. The van der Waals surface area contributed by atoms with E-state index in [1.54, 1.807) is 0 Å². The summed E-state index contributed by atoms with van der Waals surface area (Å²) in [6.45, 7) is 3.88. The molecule has 1 unspecified atom stereocenters. The maximum Gasteiger partial charge on any atom is 0.198 e. The van der Waals surface area contributed by atoms with Crippen LogP contribution >= 0.6 is 0 Å². The fourth-order valence-electron chi connectivity index (χ4n) is 0.551. The molecule has 0 aliphatic carbocycles. The van der Waals surface area contributed by atoms with Gasteiger partial charge in [-0.1, -0.05) is 5.16 Å². The van der Waals surface area contributed by atoms with Gasteiger partial charge in [0, 0.05) is 7.05 Å². The second-order valence-electron chi connectivity index (χ2n) is 1.95. The lowest BCUT2D eigenvalue weighted by atomic mass is 10.5. The molecule has 0 radical (unpaired) electrons. The predicted molar refractivity (Wildman–Crippen MR) is 31.4 cm³/mol. The van der Waals surface area contributed by atoms with E-state index in [1.807, 2.05) is 25.8 Å². The summed E-state index contributed by atoms with van der Waals surface area (Å²) < 4.78 is 0. The molecule has 8 heavy (non-hydrogen) atoms. The van der Waals surface area contributed by atoms with Crippen molar-refractivity contribution in [1.29, 1.82) is 0 Å². The molecule has 1 rings (SSSR count). The number of nitrogens with zero attached hydrogens (tertiary/aromatic N) is 2. The van der Waals surface area contributed by atoms with Gasteiger partial charge in [0.1, 0.15) is 5.84 Å². The Kier molecular flexibility index (Phi) is 1.12. The molecule has 3 heteroatoms. The lowest BCUT2D eigenvalue weighted by Crippen LogP contribution is -2.27. The lowest BCUT2D eigenvalue weighted by molar-refractivity contribution is 0.0353. The van der Waals surface area contributed by atoms with Crippen molar-refractivity contribution in [3.63, 3.8) is 0 Å². The normalized spacial score (nSPS) is 27.6. The van der Waals surface area contributed by atoms with Gasteiger partial charge >= 0.3 is 0 Å². The first-order chi connectivity index (χ1) is 3.72. The van der Waals surface area contributed by atoms with Crippen molar-refractivity contribution in [1.82, 2.24) is 4.90 Å². The third-order valence-electron chi connectivity index (χ3n) is 1.39. The molecule has 1 heterocycles. The zero-order valence-corrected chi connectivity index (χ0v) is 5.38. The quantitative estimate of drug-likeness (QED) is 0.461. The van der Waals surface area contributed by atoms with E-state index < -0.39 is 0 Å². The van der Waals surface area contributed by atoms with E-state index >= 15 is 0 Å². The van der Waals surface area contributed by atoms with Gasteiger partial charge in [0.25, 0.3) is 0 Å². The number of hydrogen-bond acceptors (Lipinski definition) is 3. The molecule has 0 aromatic carbocycles. The smallest absolute Gasteiger partial charge is 0.198 e. The highest BCUT2D eigenvalue weighted by Gasteiger charge is 2.17. The Hall–Kier alpha value is -0.730. The van der Waals surface area contributed by atoms with Crippen LogP contribution in [0.4, 0.5) is 0 Å². The molecular formula is C5H10N2O. The van der Waals surface area contributed by atoms with E-state index in [4.69, 9.17) is 4.84 Å². The first-order valence-corrected chi connectivity index (χ1v) is 2.65. The summed E-state index contributed by atoms with van der Waals surface area (Å²) in [5, 5.41) is 3.74. The SMILES string of the molecule is CC1=NOC(C)N1C. The zero-order chi connectivity index (χ0) is 6.15. The van der Waals surface area contributed by atoms with E-state index in [0.717, 1.165) is 5.84 Å². The highest BCUT2D eigenvalue weighted by molar-refractivity contribution is 5.79. The second-order valence-corrected chi connectivity index (χ2v) is 1.95. The summed E-state index contributed by atoms with van der Waals surface area (Å²) in [5.74, 6) is 0.942. The average molecular weight is 114 g/mol. The van der Waals surface area contributed by atoms with Crippen molar-refractivity contribution in [2.24, 2.45) is 5.16 Å². The van der Waals surface area contributed by atoms with Crippen LogP contribution in [0.1, 0.15) is 13.8 Å². The molecule has 0 amide bonds. The van der Waals surface area contributed by atoms with Gasteiger partial charge in [-0.2, -0.15) is 0 Å². The van der Waals surface area contributed by atoms with Gasteiger partial charge in [-0.3, -0.25) is 0 Å². The van der Waals surface area contributed by atoms with E-state index in [-0.39, 0.29) is 6.23 Å². The molecule has 1 aliphatic heterocycles. The monoisotopic (exact) mass is 114 g/mol. The standard InChI is InChI=1S/C5H10N2O/c1-4-6-8-5(2)7(4)3/h5H,1-3H3.